The Morgan fingerprint density at radius 1 is 0.786 bits per heavy atom. The van der Waals surface area contributed by atoms with Crippen LogP contribution in [0.25, 0.3) is 5.65 Å². The lowest BCUT2D eigenvalue weighted by atomic mass is 10.1. The summed E-state index contributed by atoms with van der Waals surface area (Å²) in [5.41, 5.74) is 2.21. The highest BCUT2D eigenvalue weighted by Crippen LogP contribution is 2.31. The molecule has 0 saturated carbocycles. The number of anilines is 1. The normalized spacial score (nSPS) is 11.7. The second kappa shape index (κ2) is 7.38. The maximum absolute atomic E-state index is 13.2. The first-order valence-corrected chi connectivity index (χ1v) is 8.88. The molecule has 0 amide bonds. The van der Waals surface area contributed by atoms with E-state index in [9.17, 15) is 13.2 Å². The van der Waals surface area contributed by atoms with Crippen molar-refractivity contribution in [1.82, 2.24) is 9.38 Å². The SMILES string of the molecule is FC(F)(F)c1cn2cccc(N(Cc3ccccc3)Cc3ccccc3)c2n1. The van der Waals surface area contributed by atoms with Crippen LogP contribution in [0.5, 0.6) is 0 Å². The van der Waals surface area contributed by atoms with Crippen LogP contribution in [-0.4, -0.2) is 9.38 Å². The Kier molecular flexibility index (Phi) is 4.77. The van der Waals surface area contributed by atoms with Crippen molar-refractivity contribution < 1.29 is 13.2 Å². The van der Waals surface area contributed by atoms with Gasteiger partial charge >= 0.3 is 6.18 Å². The molecule has 0 radical (unpaired) electrons. The Morgan fingerprint density at radius 2 is 1.36 bits per heavy atom. The molecule has 0 N–H and O–H groups in total. The third-order valence-electron chi connectivity index (χ3n) is 4.53. The van der Waals surface area contributed by atoms with Gasteiger partial charge in [0.05, 0.1) is 5.69 Å². The zero-order valence-corrected chi connectivity index (χ0v) is 15.0. The van der Waals surface area contributed by atoms with E-state index in [1.54, 1.807) is 12.3 Å². The fraction of sp³-hybridized carbons (Fsp3) is 0.136. The quantitative estimate of drug-likeness (QED) is 0.451. The van der Waals surface area contributed by atoms with Crippen molar-refractivity contribution in [3.8, 4) is 0 Å². The zero-order chi connectivity index (χ0) is 19.6. The van der Waals surface area contributed by atoms with Crippen LogP contribution in [0, 0.1) is 0 Å². The summed E-state index contributed by atoms with van der Waals surface area (Å²) in [7, 11) is 0. The maximum Gasteiger partial charge on any atom is 0.434 e. The Bertz CT molecular complexity index is 1020. The van der Waals surface area contributed by atoms with E-state index < -0.39 is 11.9 Å². The summed E-state index contributed by atoms with van der Waals surface area (Å²) in [5, 5.41) is 0. The van der Waals surface area contributed by atoms with Crippen molar-refractivity contribution in [2.45, 2.75) is 19.3 Å². The number of imidazole rings is 1. The van der Waals surface area contributed by atoms with Crippen LogP contribution < -0.4 is 4.90 Å². The largest absolute Gasteiger partial charge is 0.434 e. The van der Waals surface area contributed by atoms with E-state index in [4.69, 9.17) is 0 Å². The molecule has 2 aromatic carbocycles. The van der Waals surface area contributed by atoms with E-state index in [1.165, 1.54) is 4.40 Å². The molecule has 0 fully saturated rings. The molecule has 142 valence electrons. The molecule has 0 atom stereocenters. The average Bonchev–Trinajstić information content (AvgIpc) is 3.14. The van der Waals surface area contributed by atoms with Gasteiger partial charge in [0.15, 0.2) is 11.3 Å². The summed E-state index contributed by atoms with van der Waals surface area (Å²) < 4.78 is 40.9. The lowest BCUT2D eigenvalue weighted by molar-refractivity contribution is -0.140. The number of aromatic nitrogens is 2. The van der Waals surface area contributed by atoms with Gasteiger partial charge < -0.3 is 9.30 Å². The van der Waals surface area contributed by atoms with Gasteiger partial charge in [-0.15, -0.1) is 0 Å². The smallest absolute Gasteiger partial charge is 0.360 e. The number of pyridine rings is 1. The molecular weight excluding hydrogens is 363 g/mol. The Hall–Kier alpha value is -3.28. The molecule has 4 rings (SSSR count). The fourth-order valence-corrected chi connectivity index (χ4v) is 3.22. The molecular formula is C22H18F3N3. The van der Waals surface area contributed by atoms with Crippen LogP contribution in [0.15, 0.2) is 85.2 Å². The van der Waals surface area contributed by atoms with Crippen molar-refractivity contribution in [1.29, 1.82) is 0 Å². The summed E-state index contributed by atoms with van der Waals surface area (Å²) in [4.78, 5) is 5.93. The molecule has 0 unspecified atom stereocenters. The van der Waals surface area contributed by atoms with Crippen LogP contribution in [0.2, 0.25) is 0 Å². The second-order valence-electron chi connectivity index (χ2n) is 6.58. The van der Waals surface area contributed by atoms with Crippen molar-refractivity contribution in [2.75, 3.05) is 4.90 Å². The van der Waals surface area contributed by atoms with Crippen molar-refractivity contribution in [3.05, 3.63) is 102 Å². The number of halogens is 3. The number of hydrogen-bond donors (Lipinski definition) is 0. The van der Waals surface area contributed by atoms with E-state index in [0.717, 1.165) is 17.3 Å². The first kappa shape index (κ1) is 18.1. The Labute approximate surface area is 160 Å². The number of nitrogens with zero attached hydrogens (tertiary/aromatic N) is 3. The molecule has 0 spiro atoms. The number of alkyl halides is 3. The summed E-state index contributed by atoms with van der Waals surface area (Å²) in [6.45, 7) is 1.12. The van der Waals surface area contributed by atoms with Crippen LogP contribution in [-0.2, 0) is 19.3 Å². The minimum absolute atomic E-state index is 0.293. The van der Waals surface area contributed by atoms with Gasteiger partial charge in [-0.3, -0.25) is 0 Å². The van der Waals surface area contributed by atoms with Gasteiger partial charge in [-0.2, -0.15) is 13.2 Å². The standard InChI is InChI=1S/C22H18F3N3/c23-22(24,25)20-16-27-13-7-12-19(21(27)26-20)28(14-17-8-3-1-4-9-17)15-18-10-5-2-6-11-18/h1-13,16H,14-15H2. The molecule has 0 aliphatic heterocycles. The zero-order valence-electron chi connectivity index (χ0n) is 15.0. The molecule has 4 aromatic rings. The van der Waals surface area contributed by atoms with Gasteiger partial charge in [0, 0.05) is 25.5 Å². The lowest BCUT2D eigenvalue weighted by Crippen LogP contribution is -2.22. The van der Waals surface area contributed by atoms with Crippen molar-refractivity contribution in [2.24, 2.45) is 0 Å². The van der Waals surface area contributed by atoms with Gasteiger partial charge in [0.2, 0.25) is 0 Å². The van der Waals surface area contributed by atoms with E-state index >= 15 is 0 Å². The molecule has 3 nitrogen and oxygen atoms in total. The van der Waals surface area contributed by atoms with Gasteiger partial charge in [0.25, 0.3) is 0 Å². The number of hydrogen-bond acceptors (Lipinski definition) is 2. The van der Waals surface area contributed by atoms with Crippen molar-refractivity contribution >= 4 is 11.3 Å². The van der Waals surface area contributed by atoms with Crippen LogP contribution >= 0.6 is 0 Å². The number of rotatable bonds is 5. The number of benzene rings is 2. The first-order chi connectivity index (χ1) is 13.5. The second-order valence-corrected chi connectivity index (χ2v) is 6.58. The monoisotopic (exact) mass is 381 g/mol. The number of fused-ring (bicyclic) bond motifs is 1. The van der Waals surface area contributed by atoms with Gasteiger partial charge in [-0.1, -0.05) is 60.7 Å². The van der Waals surface area contributed by atoms with E-state index in [-0.39, 0.29) is 0 Å². The molecule has 0 aliphatic rings. The summed E-state index contributed by atoms with van der Waals surface area (Å²) >= 11 is 0. The Balaban J connectivity index is 1.78. The minimum atomic E-state index is -4.48. The molecule has 2 aromatic heterocycles. The predicted octanol–water partition coefficient (Wildman–Crippen LogP) is 5.56. The average molecular weight is 381 g/mol. The maximum atomic E-state index is 13.2. The molecule has 2 heterocycles. The lowest BCUT2D eigenvalue weighted by Gasteiger charge is -2.25. The van der Waals surface area contributed by atoms with Gasteiger partial charge in [-0.05, 0) is 23.3 Å². The molecule has 0 bridgehead atoms. The van der Waals surface area contributed by atoms with Crippen LogP contribution in [0.3, 0.4) is 0 Å². The fourth-order valence-electron chi connectivity index (χ4n) is 3.22. The van der Waals surface area contributed by atoms with Gasteiger partial charge in [-0.25, -0.2) is 4.98 Å². The van der Waals surface area contributed by atoms with Gasteiger partial charge in [0.1, 0.15) is 0 Å². The first-order valence-electron chi connectivity index (χ1n) is 8.88. The topological polar surface area (TPSA) is 20.5 Å². The minimum Gasteiger partial charge on any atom is -0.360 e. The molecule has 0 aliphatic carbocycles. The van der Waals surface area contributed by atoms with Crippen LogP contribution in [0.4, 0.5) is 18.9 Å². The molecule has 6 heteroatoms. The van der Waals surface area contributed by atoms with E-state index in [0.29, 0.717) is 24.4 Å². The highest BCUT2D eigenvalue weighted by Gasteiger charge is 2.34. The van der Waals surface area contributed by atoms with E-state index in [2.05, 4.69) is 4.98 Å². The van der Waals surface area contributed by atoms with Crippen molar-refractivity contribution in [3.63, 3.8) is 0 Å². The Morgan fingerprint density at radius 3 is 1.89 bits per heavy atom. The third-order valence-corrected chi connectivity index (χ3v) is 4.53. The van der Waals surface area contributed by atoms with Crippen LogP contribution in [0.1, 0.15) is 16.8 Å². The molecule has 28 heavy (non-hydrogen) atoms. The summed E-state index contributed by atoms with van der Waals surface area (Å²) in [6, 6.07) is 23.3. The predicted molar refractivity (Wildman–Crippen MR) is 103 cm³/mol. The highest BCUT2D eigenvalue weighted by molar-refractivity contribution is 5.69. The molecule has 0 saturated heterocycles. The summed E-state index contributed by atoms with van der Waals surface area (Å²) in [6.07, 6.45) is -1.86. The third kappa shape index (κ3) is 3.86. The highest BCUT2D eigenvalue weighted by atomic mass is 19.4. The summed E-state index contributed by atoms with van der Waals surface area (Å²) in [5.74, 6) is 0. The van der Waals surface area contributed by atoms with E-state index in [1.807, 2.05) is 71.6 Å².